The maximum absolute atomic E-state index is 12.3. The van der Waals surface area contributed by atoms with Crippen LogP contribution in [0.3, 0.4) is 0 Å². The van der Waals surface area contributed by atoms with Crippen molar-refractivity contribution in [1.82, 2.24) is 15.0 Å². The molecule has 0 unspecified atom stereocenters. The number of ether oxygens (including phenoxy) is 1. The molecule has 4 rings (SSSR count). The maximum Gasteiger partial charge on any atom is 0.271 e. The Morgan fingerprint density at radius 2 is 1.85 bits per heavy atom. The standard InChI is InChI=1S/C28H30N4O2/c1-4-20(2)23-9-6-8-12-27(23)34-18-17-32-21(3)25(24-10-5-7-11-26(24)32)19-30-31-28(33)22-13-15-29-16-14-22/h5-16,19-20H,4,17-18H2,1-3H3,(H,31,33)/b30-19-/t20-/m1/s1. The van der Waals surface area contributed by atoms with E-state index < -0.39 is 0 Å². The van der Waals surface area contributed by atoms with E-state index in [1.165, 1.54) is 5.56 Å². The Kier molecular flexibility index (Phi) is 7.38. The molecule has 0 spiro atoms. The minimum absolute atomic E-state index is 0.270. The zero-order chi connectivity index (χ0) is 23.9. The third-order valence-corrected chi connectivity index (χ3v) is 6.22. The van der Waals surface area contributed by atoms with Crippen LogP contribution in [0.1, 0.15) is 53.4 Å². The van der Waals surface area contributed by atoms with E-state index in [9.17, 15) is 4.79 Å². The molecule has 0 radical (unpaired) electrons. The van der Waals surface area contributed by atoms with Crippen LogP contribution in [0.15, 0.2) is 78.2 Å². The molecule has 6 nitrogen and oxygen atoms in total. The largest absolute Gasteiger partial charge is 0.491 e. The van der Waals surface area contributed by atoms with Crippen LogP contribution in [0.4, 0.5) is 0 Å². The molecule has 174 valence electrons. The minimum atomic E-state index is -0.270. The predicted octanol–water partition coefficient (Wildman–Crippen LogP) is 5.70. The number of hydrazone groups is 1. The third-order valence-electron chi connectivity index (χ3n) is 6.22. The Morgan fingerprint density at radius 1 is 1.12 bits per heavy atom. The lowest BCUT2D eigenvalue weighted by atomic mass is 9.98. The van der Waals surface area contributed by atoms with Crippen LogP contribution in [-0.4, -0.2) is 28.3 Å². The Balaban J connectivity index is 1.51. The fourth-order valence-electron chi connectivity index (χ4n) is 4.12. The number of nitrogens with one attached hydrogen (secondary N) is 1. The average Bonchev–Trinajstić information content (AvgIpc) is 3.15. The summed E-state index contributed by atoms with van der Waals surface area (Å²) in [5, 5.41) is 5.31. The number of pyridine rings is 1. The van der Waals surface area contributed by atoms with Crippen molar-refractivity contribution >= 4 is 23.0 Å². The second kappa shape index (κ2) is 10.8. The van der Waals surface area contributed by atoms with Gasteiger partial charge in [0.2, 0.25) is 0 Å². The van der Waals surface area contributed by atoms with E-state index in [-0.39, 0.29) is 5.91 Å². The average molecular weight is 455 g/mol. The molecule has 2 heterocycles. The van der Waals surface area contributed by atoms with Gasteiger partial charge in [-0.05, 0) is 49.1 Å². The molecule has 6 heteroatoms. The molecule has 0 aliphatic carbocycles. The van der Waals surface area contributed by atoms with Crippen LogP contribution in [0.2, 0.25) is 0 Å². The quantitative estimate of drug-likeness (QED) is 0.260. The number of carbonyl (C=O) groups is 1. The van der Waals surface area contributed by atoms with Crippen LogP contribution in [-0.2, 0) is 6.54 Å². The number of hydrogen-bond acceptors (Lipinski definition) is 4. The van der Waals surface area contributed by atoms with Gasteiger partial charge in [-0.1, -0.05) is 50.2 Å². The summed E-state index contributed by atoms with van der Waals surface area (Å²) in [6.07, 6.45) is 5.95. The van der Waals surface area contributed by atoms with Gasteiger partial charge in [-0.3, -0.25) is 9.78 Å². The van der Waals surface area contributed by atoms with Crippen molar-refractivity contribution in [3.8, 4) is 5.75 Å². The predicted molar refractivity (Wildman–Crippen MR) is 137 cm³/mol. The van der Waals surface area contributed by atoms with Gasteiger partial charge in [-0.25, -0.2) is 5.43 Å². The van der Waals surface area contributed by atoms with Gasteiger partial charge in [0, 0.05) is 40.1 Å². The highest BCUT2D eigenvalue weighted by Crippen LogP contribution is 2.29. The summed E-state index contributed by atoms with van der Waals surface area (Å²) in [7, 11) is 0. The first-order valence-corrected chi connectivity index (χ1v) is 11.6. The van der Waals surface area contributed by atoms with Crippen LogP contribution < -0.4 is 10.2 Å². The molecule has 0 bridgehead atoms. The number of hydrogen-bond donors (Lipinski definition) is 1. The van der Waals surface area contributed by atoms with Gasteiger partial charge >= 0.3 is 0 Å². The molecule has 1 amide bonds. The smallest absolute Gasteiger partial charge is 0.271 e. The molecule has 2 aromatic carbocycles. The van der Waals surface area contributed by atoms with Crippen LogP contribution in [0, 0.1) is 6.92 Å². The molecular weight excluding hydrogens is 424 g/mol. The normalized spacial score (nSPS) is 12.2. The van der Waals surface area contributed by atoms with Crippen LogP contribution >= 0.6 is 0 Å². The second-order valence-electron chi connectivity index (χ2n) is 8.30. The number of aromatic nitrogens is 2. The SMILES string of the molecule is CC[C@@H](C)c1ccccc1OCCn1c(C)c(/C=N\NC(=O)c2ccncc2)c2ccccc21. The van der Waals surface area contributed by atoms with E-state index >= 15 is 0 Å². The molecule has 1 N–H and O–H groups in total. The molecule has 0 aliphatic rings. The fraction of sp³-hybridized carbons (Fsp3) is 0.250. The number of rotatable bonds is 9. The maximum atomic E-state index is 12.3. The monoisotopic (exact) mass is 454 g/mol. The molecule has 2 aromatic heterocycles. The lowest BCUT2D eigenvalue weighted by Gasteiger charge is -2.16. The summed E-state index contributed by atoms with van der Waals surface area (Å²) in [6, 6.07) is 19.8. The number of nitrogens with zero attached hydrogens (tertiary/aromatic N) is 3. The van der Waals surface area contributed by atoms with Gasteiger partial charge in [-0.2, -0.15) is 5.10 Å². The number of para-hydroxylation sites is 2. The number of fused-ring (bicyclic) bond motifs is 1. The molecule has 4 aromatic rings. The van der Waals surface area contributed by atoms with Gasteiger partial charge in [0.1, 0.15) is 12.4 Å². The van der Waals surface area contributed by atoms with E-state index in [1.807, 2.05) is 24.3 Å². The first kappa shape index (κ1) is 23.2. The second-order valence-corrected chi connectivity index (χ2v) is 8.30. The van der Waals surface area contributed by atoms with E-state index in [0.717, 1.165) is 34.3 Å². The Morgan fingerprint density at radius 3 is 2.65 bits per heavy atom. The summed E-state index contributed by atoms with van der Waals surface area (Å²) in [5.74, 6) is 1.13. The minimum Gasteiger partial charge on any atom is -0.491 e. The molecular formula is C28H30N4O2. The zero-order valence-corrected chi connectivity index (χ0v) is 19.9. The molecule has 1 atom stereocenters. The molecule has 0 aliphatic heterocycles. The van der Waals surface area contributed by atoms with Gasteiger partial charge in [-0.15, -0.1) is 0 Å². The van der Waals surface area contributed by atoms with Crippen LogP contribution in [0.25, 0.3) is 10.9 Å². The summed E-state index contributed by atoms with van der Waals surface area (Å²) < 4.78 is 8.47. The summed E-state index contributed by atoms with van der Waals surface area (Å²) in [4.78, 5) is 16.2. The first-order valence-electron chi connectivity index (χ1n) is 11.6. The van der Waals surface area contributed by atoms with Crippen molar-refractivity contribution in [1.29, 1.82) is 0 Å². The highest BCUT2D eigenvalue weighted by molar-refractivity contribution is 6.02. The van der Waals surface area contributed by atoms with Crippen molar-refractivity contribution < 1.29 is 9.53 Å². The Bertz CT molecular complexity index is 1290. The topological polar surface area (TPSA) is 68.5 Å². The summed E-state index contributed by atoms with van der Waals surface area (Å²) in [6.45, 7) is 7.75. The highest BCUT2D eigenvalue weighted by Gasteiger charge is 2.14. The molecule has 0 fully saturated rings. The number of benzene rings is 2. The molecule has 34 heavy (non-hydrogen) atoms. The van der Waals surface area contributed by atoms with Crippen molar-refractivity contribution in [2.45, 2.75) is 39.7 Å². The highest BCUT2D eigenvalue weighted by atomic mass is 16.5. The lowest BCUT2D eigenvalue weighted by molar-refractivity contribution is 0.0955. The zero-order valence-electron chi connectivity index (χ0n) is 19.9. The third kappa shape index (κ3) is 5.01. The fourth-order valence-corrected chi connectivity index (χ4v) is 4.12. The molecule has 0 saturated heterocycles. The van der Waals surface area contributed by atoms with Gasteiger partial charge < -0.3 is 9.30 Å². The van der Waals surface area contributed by atoms with E-state index in [4.69, 9.17) is 4.74 Å². The van der Waals surface area contributed by atoms with E-state index in [0.29, 0.717) is 24.6 Å². The Labute approximate surface area is 200 Å². The van der Waals surface area contributed by atoms with Crippen LogP contribution in [0.5, 0.6) is 5.75 Å². The summed E-state index contributed by atoms with van der Waals surface area (Å²) >= 11 is 0. The van der Waals surface area contributed by atoms with Crippen molar-refractivity contribution in [3.63, 3.8) is 0 Å². The van der Waals surface area contributed by atoms with Gasteiger partial charge in [0.15, 0.2) is 0 Å². The van der Waals surface area contributed by atoms with E-state index in [2.05, 4.69) is 65.1 Å². The van der Waals surface area contributed by atoms with Gasteiger partial charge in [0.25, 0.3) is 5.91 Å². The Hall–Kier alpha value is -3.93. The van der Waals surface area contributed by atoms with Crippen molar-refractivity contribution in [2.75, 3.05) is 6.61 Å². The van der Waals surface area contributed by atoms with Gasteiger partial charge in [0.05, 0.1) is 12.8 Å². The first-order chi connectivity index (χ1) is 16.6. The number of amides is 1. The number of carbonyl (C=O) groups excluding carboxylic acids is 1. The van der Waals surface area contributed by atoms with E-state index in [1.54, 1.807) is 30.7 Å². The van der Waals surface area contributed by atoms with Crippen molar-refractivity contribution in [3.05, 3.63) is 95.4 Å². The van der Waals surface area contributed by atoms with Crippen molar-refractivity contribution in [2.24, 2.45) is 5.10 Å². The molecule has 0 saturated carbocycles. The summed E-state index contributed by atoms with van der Waals surface area (Å²) in [5.41, 5.74) is 7.53. The lowest BCUT2D eigenvalue weighted by Crippen LogP contribution is -2.17.